The molecule has 2 aromatic carbocycles. The van der Waals surface area contributed by atoms with E-state index >= 15 is 0 Å². The zero-order chi connectivity index (χ0) is 16.6. The number of rotatable bonds is 6. The molecule has 1 heterocycles. The van der Waals surface area contributed by atoms with Crippen LogP contribution < -0.4 is 15.4 Å². The van der Waals surface area contributed by atoms with Crippen LogP contribution in [0.2, 0.25) is 0 Å². The number of carbonyl (C=O) groups is 1. The molecule has 0 saturated carbocycles. The van der Waals surface area contributed by atoms with Crippen LogP contribution in [0, 0.1) is 5.92 Å². The van der Waals surface area contributed by atoms with Crippen molar-refractivity contribution in [2.75, 3.05) is 19.6 Å². The Kier molecular flexibility index (Phi) is 5.85. The molecule has 1 aliphatic rings. The summed E-state index contributed by atoms with van der Waals surface area (Å²) in [5.41, 5.74) is 1.80. The van der Waals surface area contributed by atoms with Crippen LogP contribution in [0.5, 0.6) is 5.75 Å². The Morgan fingerprint density at radius 2 is 1.92 bits per heavy atom. The van der Waals surface area contributed by atoms with Gasteiger partial charge in [0.1, 0.15) is 12.4 Å². The van der Waals surface area contributed by atoms with Crippen molar-refractivity contribution in [2.24, 2.45) is 5.92 Å². The van der Waals surface area contributed by atoms with E-state index in [9.17, 15) is 4.79 Å². The molecule has 4 nitrogen and oxygen atoms in total. The van der Waals surface area contributed by atoms with Crippen LogP contribution in [-0.2, 0) is 6.61 Å². The second kappa shape index (κ2) is 8.50. The van der Waals surface area contributed by atoms with Gasteiger partial charge in [0.2, 0.25) is 0 Å². The van der Waals surface area contributed by atoms with Crippen LogP contribution in [0.15, 0.2) is 54.6 Å². The summed E-state index contributed by atoms with van der Waals surface area (Å²) in [7, 11) is 0. The van der Waals surface area contributed by atoms with Crippen molar-refractivity contribution >= 4 is 5.91 Å². The van der Waals surface area contributed by atoms with E-state index in [1.54, 1.807) is 0 Å². The molecule has 0 radical (unpaired) electrons. The van der Waals surface area contributed by atoms with E-state index in [2.05, 4.69) is 10.6 Å². The lowest BCUT2D eigenvalue weighted by molar-refractivity contribution is 0.0945. The topological polar surface area (TPSA) is 50.4 Å². The summed E-state index contributed by atoms with van der Waals surface area (Å²) in [6.45, 7) is 3.35. The molecule has 1 fully saturated rings. The molecule has 1 atom stereocenters. The first kappa shape index (κ1) is 16.5. The second-order valence-corrected chi connectivity index (χ2v) is 6.22. The van der Waals surface area contributed by atoms with Crippen LogP contribution >= 0.6 is 0 Å². The fourth-order valence-electron chi connectivity index (χ4n) is 2.88. The van der Waals surface area contributed by atoms with E-state index in [1.165, 1.54) is 12.8 Å². The predicted octanol–water partition coefficient (Wildman–Crippen LogP) is 3.00. The number of ether oxygens (including phenoxy) is 1. The summed E-state index contributed by atoms with van der Waals surface area (Å²) >= 11 is 0. The Morgan fingerprint density at radius 1 is 1.12 bits per heavy atom. The Bertz CT molecular complexity index is 634. The van der Waals surface area contributed by atoms with Crippen LogP contribution in [0.25, 0.3) is 0 Å². The quantitative estimate of drug-likeness (QED) is 0.859. The molecular weight excluding hydrogens is 300 g/mol. The van der Waals surface area contributed by atoms with E-state index in [0.717, 1.165) is 30.9 Å². The van der Waals surface area contributed by atoms with Gasteiger partial charge in [0.05, 0.1) is 0 Å². The molecule has 0 spiro atoms. The van der Waals surface area contributed by atoms with E-state index in [1.807, 2.05) is 54.6 Å². The van der Waals surface area contributed by atoms with Crippen molar-refractivity contribution in [3.63, 3.8) is 0 Å². The number of amides is 1. The molecule has 3 rings (SSSR count). The summed E-state index contributed by atoms with van der Waals surface area (Å²) in [6.07, 6.45) is 2.37. The molecule has 2 aromatic rings. The number of carbonyl (C=O) groups excluding carboxylic acids is 1. The highest BCUT2D eigenvalue weighted by molar-refractivity contribution is 5.94. The van der Waals surface area contributed by atoms with E-state index in [-0.39, 0.29) is 5.91 Å². The van der Waals surface area contributed by atoms with Gasteiger partial charge in [-0.15, -0.1) is 0 Å². The number of benzene rings is 2. The lowest BCUT2D eigenvalue weighted by Crippen LogP contribution is -2.38. The predicted molar refractivity (Wildman–Crippen MR) is 95.1 cm³/mol. The van der Waals surface area contributed by atoms with Gasteiger partial charge in [-0.2, -0.15) is 0 Å². The van der Waals surface area contributed by atoms with Crippen LogP contribution in [0.3, 0.4) is 0 Å². The van der Waals surface area contributed by atoms with Gasteiger partial charge < -0.3 is 15.4 Å². The van der Waals surface area contributed by atoms with E-state index in [0.29, 0.717) is 18.1 Å². The number of piperidine rings is 1. The van der Waals surface area contributed by atoms with Gasteiger partial charge >= 0.3 is 0 Å². The van der Waals surface area contributed by atoms with Gasteiger partial charge in [-0.3, -0.25) is 4.79 Å². The monoisotopic (exact) mass is 324 g/mol. The van der Waals surface area contributed by atoms with Crippen LogP contribution in [0.1, 0.15) is 28.8 Å². The first-order chi connectivity index (χ1) is 11.8. The Hall–Kier alpha value is -2.33. The molecule has 2 N–H and O–H groups in total. The number of nitrogens with one attached hydrogen (secondary N) is 2. The van der Waals surface area contributed by atoms with Gasteiger partial charge in [0.15, 0.2) is 0 Å². The molecule has 1 unspecified atom stereocenters. The van der Waals surface area contributed by atoms with Crippen molar-refractivity contribution in [1.82, 2.24) is 10.6 Å². The van der Waals surface area contributed by atoms with Crippen molar-refractivity contribution in [1.29, 1.82) is 0 Å². The molecule has 24 heavy (non-hydrogen) atoms. The molecule has 1 saturated heterocycles. The zero-order valence-corrected chi connectivity index (χ0v) is 13.8. The van der Waals surface area contributed by atoms with E-state index < -0.39 is 0 Å². The highest BCUT2D eigenvalue weighted by atomic mass is 16.5. The van der Waals surface area contributed by atoms with Gasteiger partial charge in [-0.1, -0.05) is 30.3 Å². The summed E-state index contributed by atoms with van der Waals surface area (Å²) < 4.78 is 5.74. The van der Waals surface area contributed by atoms with Crippen LogP contribution in [-0.4, -0.2) is 25.5 Å². The Balaban J connectivity index is 1.47. The van der Waals surface area contributed by atoms with Gasteiger partial charge in [-0.25, -0.2) is 0 Å². The third-order valence-corrected chi connectivity index (χ3v) is 4.32. The second-order valence-electron chi connectivity index (χ2n) is 6.22. The number of hydrogen-bond donors (Lipinski definition) is 2. The normalized spacial score (nSPS) is 17.2. The molecule has 0 bridgehead atoms. The fraction of sp³-hybridized carbons (Fsp3) is 0.350. The van der Waals surface area contributed by atoms with Crippen molar-refractivity contribution in [2.45, 2.75) is 19.4 Å². The minimum Gasteiger partial charge on any atom is -0.489 e. The first-order valence-electron chi connectivity index (χ1n) is 8.57. The molecule has 1 aliphatic heterocycles. The third kappa shape index (κ3) is 4.83. The maximum absolute atomic E-state index is 12.2. The molecule has 0 aliphatic carbocycles. The van der Waals surface area contributed by atoms with Gasteiger partial charge in [-0.05, 0) is 61.7 Å². The summed E-state index contributed by atoms with van der Waals surface area (Å²) in [5.74, 6) is 1.29. The minimum absolute atomic E-state index is 0.0183. The minimum atomic E-state index is -0.0183. The SMILES string of the molecule is O=C(NCC1CCCNC1)c1ccc(OCc2ccccc2)cc1. The zero-order valence-electron chi connectivity index (χ0n) is 13.8. The molecule has 4 heteroatoms. The maximum Gasteiger partial charge on any atom is 0.251 e. The Morgan fingerprint density at radius 3 is 2.62 bits per heavy atom. The van der Waals surface area contributed by atoms with Gasteiger partial charge in [0.25, 0.3) is 5.91 Å². The third-order valence-electron chi connectivity index (χ3n) is 4.32. The van der Waals surface area contributed by atoms with E-state index in [4.69, 9.17) is 4.74 Å². The first-order valence-corrected chi connectivity index (χ1v) is 8.57. The molecule has 0 aromatic heterocycles. The number of hydrogen-bond acceptors (Lipinski definition) is 3. The molecular formula is C20H24N2O2. The van der Waals surface area contributed by atoms with Crippen molar-refractivity contribution in [3.8, 4) is 5.75 Å². The summed E-state index contributed by atoms with van der Waals surface area (Å²) in [5, 5.41) is 6.39. The average molecular weight is 324 g/mol. The molecule has 1 amide bonds. The largest absolute Gasteiger partial charge is 0.489 e. The average Bonchev–Trinajstić information content (AvgIpc) is 2.66. The smallest absolute Gasteiger partial charge is 0.251 e. The summed E-state index contributed by atoms with van der Waals surface area (Å²) in [4.78, 5) is 12.2. The lowest BCUT2D eigenvalue weighted by atomic mass is 10.00. The fourth-order valence-corrected chi connectivity index (χ4v) is 2.88. The van der Waals surface area contributed by atoms with Crippen molar-refractivity contribution in [3.05, 3.63) is 65.7 Å². The van der Waals surface area contributed by atoms with Crippen LogP contribution in [0.4, 0.5) is 0 Å². The standard InChI is InChI=1S/C20H24N2O2/c23-20(22-14-17-7-4-12-21-13-17)18-8-10-19(11-9-18)24-15-16-5-2-1-3-6-16/h1-3,5-6,8-11,17,21H,4,7,12-15H2,(H,22,23). The maximum atomic E-state index is 12.2. The Labute approximate surface area is 143 Å². The van der Waals surface area contributed by atoms with Crippen molar-refractivity contribution < 1.29 is 9.53 Å². The highest BCUT2D eigenvalue weighted by Gasteiger charge is 2.14. The highest BCUT2D eigenvalue weighted by Crippen LogP contribution is 2.15. The molecule has 126 valence electrons. The van der Waals surface area contributed by atoms with Gasteiger partial charge in [0, 0.05) is 12.1 Å². The summed E-state index contributed by atoms with van der Waals surface area (Å²) in [6, 6.07) is 17.4. The lowest BCUT2D eigenvalue weighted by Gasteiger charge is -2.22.